The van der Waals surface area contributed by atoms with Crippen molar-refractivity contribution in [2.45, 2.75) is 31.3 Å². The first kappa shape index (κ1) is 28.5. The van der Waals surface area contributed by atoms with Crippen molar-refractivity contribution in [2.24, 2.45) is 0 Å². The highest BCUT2D eigenvalue weighted by Crippen LogP contribution is 2.26. The van der Waals surface area contributed by atoms with E-state index in [1.807, 2.05) is 13.0 Å². The van der Waals surface area contributed by atoms with Gasteiger partial charge in [-0.2, -0.15) is 0 Å². The average molecular weight is 540 g/mol. The topological polar surface area (TPSA) is 105 Å². The lowest BCUT2D eigenvalue weighted by Crippen LogP contribution is -2.50. The van der Waals surface area contributed by atoms with Crippen LogP contribution in [0.25, 0.3) is 0 Å². The smallest absolute Gasteiger partial charge is 0.264 e. The minimum atomic E-state index is -4.14. The third-order valence-corrected chi connectivity index (χ3v) is 7.73. The van der Waals surface area contributed by atoms with Crippen LogP contribution in [0.1, 0.15) is 19.4 Å². The number of anilines is 1. The van der Waals surface area contributed by atoms with E-state index in [2.05, 4.69) is 5.32 Å². The van der Waals surface area contributed by atoms with Gasteiger partial charge in [0, 0.05) is 13.6 Å². The molecule has 3 rings (SSSR count). The van der Waals surface area contributed by atoms with Crippen molar-refractivity contribution in [3.8, 4) is 11.5 Å². The Morgan fingerprint density at radius 2 is 1.63 bits per heavy atom. The lowest BCUT2D eigenvalue weighted by molar-refractivity contribution is -0.139. The molecular weight excluding hydrogens is 506 g/mol. The van der Waals surface area contributed by atoms with Gasteiger partial charge in [0.05, 0.1) is 24.3 Å². The highest BCUT2D eigenvalue weighted by atomic mass is 32.2. The van der Waals surface area contributed by atoms with Crippen molar-refractivity contribution in [3.63, 3.8) is 0 Å². The molecule has 9 nitrogen and oxygen atoms in total. The van der Waals surface area contributed by atoms with Crippen LogP contribution in [0, 0.1) is 0 Å². The number of para-hydroxylation sites is 1. The fourth-order valence-electron chi connectivity index (χ4n) is 3.88. The summed E-state index contributed by atoms with van der Waals surface area (Å²) in [6, 6.07) is 20.7. The summed E-state index contributed by atoms with van der Waals surface area (Å²) in [6.07, 6.45) is 0. The van der Waals surface area contributed by atoms with Crippen molar-refractivity contribution >= 4 is 27.5 Å². The number of ether oxygens (including phenoxy) is 2. The standard InChI is InChI=1S/C28H33N3O6S/c1-5-37-24-14-16-26(17-15-24)38(34,35)31(23-11-7-6-8-12-23)20-27(32)30(21(2)28(33)29-3)19-22-10-9-13-25(18-22)36-4/h6-18,21H,5,19-20H2,1-4H3,(H,29,33). The first-order valence-corrected chi connectivity index (χ1v) is 13.6. The second-order valence-corrected chi connectivity index (χ2v) is 10.3. The predicted octanol–water partition coefficient (Wildman–Crippen LogP) is 3.45. The normalized spacial score (nSPS) is 11.8. The van der Waals surface area contributed by atoms with Crippen LogP contribution in [0.3, 0.4) is 0 Å². The van der Waals surface area contributed by atoms with Gasteiger partial charge < -0.3 is 19.7 Å². The Balaban J connectivity index is 1.99. The summed E-state index contributed by atoms with van der Waals surface area (Å²) in [5.74, 6) is 0.230. The molecule has 1 unspecified atom stereocenters. The van der Waals surface area contributed by atoms with Gasteiger partial charge in [0.25, 0.3) is 10.0 Å². The van der Waals surface area contributed by atoms with Crippen LogP contribution in [-0.2, 0) is 26.2 Å². The van der Waals surface area contributed by atoms with E-state index in [1.54, 1.807) is 74.7 Å². The molecule has 2 amide bonds. The quantitative estimate of drug-likeness (QED) is 0.378. The number of rotatable bonds is 12. The number of benzene rings is 3. The molecule has 1 atom stereocenters. The predicted molar refractivity (Wildman–Crippen MR) is 146 cm³/mol. The Kier molecular flexibility index (Phi) is 9.72. The van der Waals surface area contributed by atoms with Crippen LogP contribution in [0.2, 0.25) is 0 Å². The molecule has 3 aromatic carbocycles. The summed E-state index contributed by atoms with van der Waals surface area (Å²) in [6.45, 7) is 3.46. The van der Waals surface area contributed by atoms with E-state index in [0.29, 0.717) is 23.8 Å². The van der Waals surface area contributed by atoms with Crippen LogP contribution in [-0.4, -0.2) is 58.5 Å². The molecule has 38 heavy (non-hydrogen) atoms. The zero-order chi connectivity index (χ0) is 27.7. The number of hydrogen-bond acceptors (Lipinski definition) is 6. The van der Waals surface area contributed by atoms with Gasteiger partial charge in [0.2, 0.25) is 11.8 Å². The largest absolute Gasteiger partial charge is 0.497 e. The number of nitrogens with zero attached hydrogens (tertiary/aromatic N) is 2. The van der Waals surface area contributed by atoms with E-state index >= 15 is 0 Å². The molecule has 0 spiro atoms. The summed E-state index contributed by atoms with van der Waals surface area (Å²) in [4.78, 5) is 27.7. The molecule has 0 fully saturated rings. The maximum atomic E-state index is 13.8. The highest BCUT2D eigenvalue weighted by Gasteiger charge is 2.32. The molecule has 0 radical (unpaired) electrons. The van der Waals surface area contributed by atoms with Gasteiger partial charge >= 0.3 is 0 Å². The third-order valence-electron chi connectivity index (χ3n) is 5.95. The minimum Gasteiger partial charge on any atom is -0.497 e. The fourth-order valence-corrected chi connectivity index (χ4v) is 5.30. The van der Waals surface area contributed by atoms with Crippen LogP contribution in [0.15, 0.2) is 83.8 Å². The van der Waals surface area contributed by atoms with Gasteiger partial charge in [-0.3, -0.25) is 13.9 Å². The molecule has 1 N–H and O–H groups in total. The van der Waals surface area contributed by atoms with Crippen LogP contribution >= 0.6 is 0 Å². The number of likely N-dealkylation sites (N-methyl/N-ethyl adjacent to an activating group) is 1. The van der Waals surface area contributed by atoms with Crippen molar-refractivity contribution in [3.05, 3.63) is 84.4 Å². The average Bonchev–Trinajstić information content (AvgIpc) is 2.94. The van der Waals surface area contributed by atoms with E-state index in [9.17, 15) is 18.0 Å². The molecule has 0 bridgehead atoms. The van der Waals surface area contributed by atoms with Crippen molar-refractivity contribution in [1.82, 2.24) is 10.2 Å². The van der Waals surface area contributed by atoms with Gasteiger partial charge in [-0.25, -0.2) is 8.42 Å². The van der Waals surface area contributed by atoms with Gasteiger partial charge in [-0.1, -0.05) is 30.3 Å². The summed E-state index contributed by atoms with van der Waals surface area (Å²) < 4.78 is 39.3. The Labute approximate surface area is 224 Å². The molecule has 202 valence electrons. The number of carbonyl (C=O) groups is 2. The van der Waals surface area contributed by atoms with E-state index in [0.717, 1.165) is 9.87 Å². The van der Waals surface area contributed by atoms with E-state index < -0.39 is 28.5 Å². The number of carbonyl (C=O) groups excluding carboxylic acids is 2. The second-order valence-electron chi connectivity index (χ2n) is 8.42. The summed E-state index contributed by atoms with van der Waals surface area (Å²) >= 11 is 0. The lowest BCUT2D eigenvalue weighted by atomic mass is 10.1. The summed E-state index contributed by atoms with van der Waals surface area (Å²) in [5.41, 5.74) is 1.05. The van der Waals surface area contributed by atoms with Gasteiger partial charge in [-0.05, 0) is 67.9 Å². The molecule has 0 aliphatic carbocycles. The molecular formula is C28H33N3O6S. The van der Waals surface area contributed by atoms with Crippen LogP contribution in [0.4, 0.5) is 5.69 Å². The van der Waals surface area contributed by atoms with E-state index in [-0.39, 0.29) is 17.3 Å². The van der Waals surface area contributed by atoms with Crippen molar-refractivity contribution in [1.29, 1.82) is 0 Å². The fraction of sp³-hybridized carbons (Fsp3) is 0.286. The zero-order valence-electron chi connectivity index (χ0n) is 22.0. The van der Waals surface area contributed by atoms with E-state index in [1.165, 1.54) is 24.1 Å². The maximum absolute atomic E-state index is 13.8. The molecule has 0 heterocycles. The number of sulfonamides is 1. The molecule has 0 aromatic heterocycles. The summed E-state index contributed by atoms with van der Waals surface area (Å²) in [5, 5.41) is 2.56. The molecule has 0 saturated heterocycles. The molecule has 3 aromatic rings. The van der Waals surface area contributed by atoms with Crippen molar-refractivity contribution in [2.75, 3.05) is 31.6 Å². The highest BCUT2D eigenvalue weighted by molar-refractivity contribution is 7.92. The minimum absolute atomic E-state index is 0.0105. The first-order chi connectivity index (χ1) is 18.2. The third kappa shape index (κ3) is 6.83. The van der Waals surface area contributed by atoms with Crippen LogP contribution in [0.5, 0.6) is 11.5 Å². The zero-order valence-corrected chi connectivity index (χ0v) is 22.8. The monoisotopic (exact) mass is 539 g/mol. The van der Waals surface area contributed by atoms with Gasteiger partial charge in [-0.15, -0.1) is 0 Å². The number of hydrogen-bond donors (Lipinski definition) is 1. The number of nitrogens with one attached hydrogen (secondary N) is 1. The Bertz CT molecular complexity index is 1330. The number of amides is 2. The Hall–Kier alpha value is -4.05. The number of methoxy groups -OCH3 is 1. The molecule has 10 heteroatoms. The van der Waals surface area contributed by atoms with Gasteiger partial charge in [0.15, 0.2) is 0 Å². The first-order valence-electron chi connectivity index (χ1n) is 12.2. The second kappa shape index (κ2) is 13.0. The SMILES string of the molecule is CCOc1ccc(S(=O)(=O)N(CC(=O)N(Cc2cccc(OC)c2)C(C)C(=O)NC)c2ccccc2)cc1. The molecule has 0 aliphatic rings. The summed E-state index contributed by atoms with van der Waals surface area (Å²) in [7, 11) is -1.11. The van der Waals surface area contributed by atoms with E-state index in [4.69, 9.17) is 9.47 Å². The molecule has 0 saturated carbocycles. The lowest BCUT2D eigenvalue weighted by Gasteiger charge is -2.31. The molecule has 0 aliphatic heterocycles. The van der Waals surface area contributed by atoms with Crippen LogP contribution < -0.4 is 19.1 Å². The maximum Gasteiger partial charge on any atom is 0.264 e. The van der Waals surface area contributed by atoms with Gasteiger partial charge in [0.1, 0.15) is 24.1 Å². The van der Waals surface area contributed by atoms with Crippen molar-refractivity contribution < 1.29 is 27.5 Å². The Morgan fingerprint density at radius 1 is 0.947 bits per heavy atom. The Morgan fingerprint density at radius 3 is 2.24 bits per heavy atom.